The lowest BCUT2D eigenvalue weighted by molar-refractivity contribution is -0.116. The number of anilines is 1. The van der Waals surface area contributed by atoms with Gasteiger partial charge in [-0.05, 0) is 54.8 Å². The predicted molar refractivity (Wildman–Crippen MR) is 138 cm³/mol. The van der Waals surface area contributed by atoms with E-state index in [1.807, 2.05) is 0 Å². The number of carbonyl (C=O) groups excluding carboxylic acids is 2. The summed E-state index contributed by atoms with van der Waals surface area (Å²) in [5.41, 5.74) is 2.72. The minimum atomic E-state index is -0.662. The van der Waals surface area contributed by atoms with E-state index in [2.05, 4.69) is 16.7 Å². The average Bonchev–Trinajstić information content (AvgIpc) is 2.91. The van der Waals surface area contributed by atoms with Gasteiger partial charge in [-0.25, -0.2) is 4.39 Å². The lowest BCUT2D eigenvalue weighted by Gasteiger charge is -2.33. The van der Waals surface area contributed by atoms with E-state index in [4.69, 9.17) is 14.2 Å². The number of Topliss-reactive ketones (excluding diaryl/α,β-unsaturated/α-hetero) is 1. The van der Waals surface area contributed by atoms with Crippen LogP contribution in [-0.2, 0) is 9.59 Å². The highest BCUT2D eigenvalue weighted by Gasteiger charge is 2.38. The third-order valence-electron chi connectivity index (χ3n) is 6.16. The number of methoxy groups -OCH3 is 3. The number of nitrogens with one attached hydrogen (secondary N) is 2. The van der Waals surface area contributed by atoms with Gasteiger partial charge in [0.05, 0.1) is 49.7 Å². The highest BCUT2D eigenvalue weighted by molar-refractivity contribution is 8.03. The van der Waals surface area contributed by atoms with Crippen LogP contribution in [0.15, 0.2) is 58.3 Å². The molecule has 1 atom stereocenters. The molecule has 2 aliphatic rings. The first-order valence-corrected chi connectivity index (χ1v) is 12.5. The average molecular weight is 524 g/mol. The third-order valence-corrected chi connectivity index (χ3v) is 7.18. The molecule has 0 aromatic heterocycles. The molecule has 37 heavy (non-hydrogen) atoms. The van der Waals surface area contributed by atoms with Crippen molar-refractivity contribution in [3.8, 4) is 23.3 Å². The monoisotopic (exact) mass is 523 g/mol. The maximum Gasteiger partial charge on any atom is 0.234 e. The second-order valence-electron chi connectivity index (χ2n) is 8.38. The second-order valence-corrected chi connectivity index (χ2v) is 9.37. The summed E-state index contributed by atoms with van der Waals surface area (Å²) in [5, 5.41) is 16.7. The van der Waals surface area contributed by atoms with E-state index in [1.165, 1.54) is 57.4 Å². The van der Waals surface area contributed by atoms with Crippen molar-refractivity contribution in [1.82, 2.24) is 5.32 Å². The second kappa shape index (κ2) is 11.4. The molecular formula is C27H26FN3O5S. The number of benzene rings is 2. The summed E-state index contributed by atoms with van der Waals surface area (Å²) < 4.78 is 29.6. The fourth-order valence-electron chi connectivity index (χ4n) is 4.51. The van der Waals surface area contributed by atoms with E-state index in [9.17, 15) is 19.2 Å². The van der Waals surface area contributed by atoms with Gasteiger partial charge in [0.15, 0.2) is 17.3 Å². The Balaban J connectivity index is 1.70. The number of dihydropyridines is 1. The molecule has 0 saturated carbocycles. The van der Waals surface area contributed by atoms with Crippen molar-refractivity contribution in [2.24, 2.45) is 0 Å². The molecule has 2 N–H and O–H groups in total. The van der Waals surface area contributed by atoms with Gasteiger partial charge in [-0.3, -0.25) is 9.59 Å². The Labute approximate surface area is 218 Å². The Morgan fingerprint density at radius 3 is 2.41 bits per heavy atom. The number of ketones is 1. The van der Waals surface area contributed by atoms with Crippen LogP contribution in [-0.4, -0.2) is 38.8 Å². The quantitative estimate of drug-likeness (QED) is 0.515. The van der Waals surface area contributed by atoms with Crippen LogP contribution in [0.2, 0.25) is 0 Å². The molecule has 0 radical (unpaired) electrons. The molecule has 2 aromatic rings. The maximum absolute atomic E-state index is 13.2. The number of hydrogen-bond donors (Lipinski definition) is 2. The SMILES string of the molecule is COc1cc([C@H]2C(C#N)=C(SCC(=O)Nc3ccc(F)cc3)NC3=C2C(=O)CCC3)cc(OC)c1OC. The normalized spacial score (nSPS) is 16.9. The maximum atomic E-state index is 13.2. The molecule has 1 aliphatic carbocycles. The lowest BCUT2D eigenvalue weighted by atomic mass is 9.76. The van der Waals surface area contributed by atoms with Crippen LogP contribution in [0.25, 0.3) is 0 Å². The molecule has 0 saturated heterocycles. The first kappa shape index (κ1) is 26.1. The highest BCUT2D eigenvalue weighted by Crippen LogP contribution is 2.48. The van der Waals surface area contributed by atoms with Gasteiger partial charge in [-0.1, -0.05) is 11.8 Å². The molecule has 1 amide bonds. The number of ether oxygens (including phenoxy) is 3. The number of nitriles is 1. The third kappa shape index (κ3) is 5.42. The topological polar surface area (TPSA) is 110 Å². The molecule has 1 aliphatic heterocycles. The van der Waals surface area contributed by atoms with E-state index < -0.39 is 11.7 Å². The summed E-state index contributed by atoms with van der Waals surface area (Å²) in [5.74, 6) is -0.177. The number of rotatable bonds is 8. The molecule has 192 valence electrons. The smallest absolute Gasteiger partial charge is 0.234 e. The largest absolute Gasteiger partial charge is 0.493 e. The van der Waals surface area contributed by atoms with Gasteiger partial charge >= 0.3 is 0 Å². The van der Waals surface area contributed by atoms with Crippen LogP contribution in [0.1, 0.15) is 30.7 Å². The zero-order valence-corrected chi connectivity index (χ0v) is 21.5. The summed E-state index contributed by atoms with van der Waals surface area (Å²) in [7, 11) is 4.51. The number of amides is 1. The van der Waals surface area contributed by atoms with Gasteiger partial charge < -0.3 is 24.8 Å². The molecule has 0 unspecified atom stereocenters. The number of hydrogen-bond acceptors (Lipinski definition) is 8. The molecule has 10 heteroatoms. The lowest BCUT2D eigenvalue weighted by Crippen LogP contribution is -2.31. The minimum Gasteiger partial charge on any atom is -0.493 e. The van der Waals surface area contributed by atoms with Gasteiger partial charge in [0.1, 0.15) is 5.82 Å². The Kier molecular flexibility index (Phi) is 8.04. The van der Waals surface area contributed by atoms with Crippen LogP contribution in [0.5, 0.6) is 17.2 Å². The highest BCUT2D eigenvalue weighted by atomic mass is 32.2. The van der Waals surface area contributed by atoms with Crippen LogP contribution < -0.4 is 24.8 Å². The summed E-state index contributed by atoms with van der Waals surface area (Å²) in [6.45, 7) is 0. The number of halogens is 1. The Morgan fingerprint density at radius 2 is 1.81 bits per heavy atom. The number of carbonyl (C=O) groups is 2. The van der Waals surface area contributed by atoms with Crippen LogP contribution in [0.3, 0.4) is 0 Å². The summed E-state index contributed by atoms with van der Waals surface area (Å²) >= 11 is 1.17. The van der Waals surface area contributed by atoms with Crippen molar-refractivity contribution >= 4 is 29.1 Å². The molecule has 4 rings (SSSR count). The molecule has 1 heterocycles. The number of allylic oxidation sites excluding steroid dienone is 3. The van der Waals surface area contributed by atoms with Crippen molar-refractivity contribution in [3.63, 3.8) is 0 Å². The van der Waals surface area contributed by atoms with E-state index in [0.717, 1.165) is 5.70 Å². The van der Waals surface area contributed by atoms with E-state index in [0.29, 0.717) is 63.9 Å². The Morgan fingerprint density at radius 1 is 1.14 bits per heavy atom. The molecule has 8 nitrogen and oxygen atoms in total. The zero-order chi connectivity index (χ0) is 26.5. The zero-order valence-electron chi connectivity index (χ0n) is 20.6. The van der Waals surface area contributed by atoms with Crippen LogP contribution in [0, 0.1) is 17.1 Å². The van der Waals surface area contributed by atoms with Crippen molar-refractivity contribution in [3.05, 3.63) is 69.7 Å². The standard InChI is InChI=1S/C27H26FN3O5S/c1-34-21-11-15(12-22(35-2)26(21)36-3)24-18(13-29)27(31-19-5-4-6-20(32)25(19)24)37-14-23(33)30-17-9-7-16(28)8-10-17/h7-12,24,31H,4-6,14H2,1-3H3,(H,30,33)/t24-/m0/s1. The molecule has 0 fully saturated rings. The fourth-order valence-corrected chi connectivity index (χ4v) is 5.37. The summed E-state index contributed by atoms with van der Waals surface area (Å²) in [4.78, 5) is 25.7. The summed E-state index contributed by atoms with van der Waals surface area (Å²) in [6.07, 6.45) is 1.73. The first-order chi connectivity index (χ1) is 17.9. The van der Waals surface area contributed by atoms with Crippen LogP contribution >= 0.6 is 11.8 Å². The molecule has 0 bridgehead atoms. The fraction of sp³-hybridized carbons (Fsp3) is 0.296. The van der Waals surface area contributed by atoms with Crippen molar-refractivity contribution < 1.29 is 28.2 Å². The Bertz CT molecular complexity index is 1310. The van der Waals surface area contributed by atoms with Crippen molar-refractivity contribution in [1.29, 1.82) is 5.26 Å². The Hall–Kier alpha value is -3.97. The van der Waals surface area contributed by atoms with Gasteiger partial charge in [0.25, 0.3) is 0 Å². The molecule has 2 aromatic carbocycles. The van der Waals surface area contributed by atoms with Gasteiger partial charge in [-0.2, -0.15) is 5.26 Å². The minimum absolute atomic E-state index is 0.00340. The first-order valence-electron chi connectivity index (χ1n) is 11.6. The van der Waals surface area contributed by atoms with E-state index in [-0.39, 0.29) is 17.4 Å². The van der Waals surface area contributed by atoms with E-state index >= 15 is 0 Å². The molecular weight excluding hydrogens is 497 g/mol. The van der Waals surface area contributed by atoms with E-state index in [1.54, 1.807) is 12.1 Å². The van der Waals surface area contributed by atoms with Gasteiger partial charge in [0, 0.05) is 23.4 Å². The number of thioether (sulfide) groups is 1. The van der Waals surface area contributed by atoms with Crippen molar-refractivity contribution in [2.75, 3.05) is 32.4 Å². The van der Waals surface area contributed by atoms with Crippen molar-refractivity contribution in [2.45, 2.75) is 25.2 Å². The summed E-state index contributed by atoms with van der Waals surface area (Å²) in [6, 6.07) is 11.2. The predicted octanol–water partition coefficient (Wildman–Crippen LogP) is 4.65. The van der Waals surface area contributed by atoms with Gasteiger partial charge in [-0.15, -0.1) is 0 Å². The van der Waals surface area contributed by atoms with Crippen LogP contribution in [0.4, 0.5) is 10.1 Å². The van der Waals surface area contributed by atoms with Gasteiger partial charge in [0.2, 0.25) is 11.7 Å². The molecule has 0 spiro atoms. The number of nitrogens with zero attached hydrogens (tertiary/aromatic N) is 1.